The van der Waals surface area contributed by atoms with Crippen molar-refractivity contribution < 1.29 is 0 Å². The number of nitrogens with one attached hydrogen (secondary N) is 1. The van der Waals surface area contributed by atoms with E-state index < -0.39 is 0 Å². The van der Waals surface area contributed by atoms with E-state index in [0.29, 0.717) is 5.92 Å². The van der Waals surface area contributed by atoms with Gasteiger partial charge in [0.15, 0.2) is 0 Å². The van der Waals surface area contributed by atoms with Crippen LogP contribution >= 0.6 is 0 Å². The average molecular weight is 283 g/mol. The number of hydrogen-bond acceptors (Lipinski definition) is 2. The van der Waals surface area contributed by atoms with Crippen LogP contribution in [0, 0.1) is 0 Å². The quantitative estimate of drug-likeness (QED) is 0.907. The number of hydrogen-bond donors (Lipinski definition) is 1. The summed E-state index contributed by atoms with van der Waals surface area (Å²) in [5.74, 6) is 0.633. The van der Waals surface area contributed by atoms with Crippen LogP contribution < -0.4 is 5.32 Å². The van der Waals surface area contributed by atoms with Crippen LogP contribution in [0.25, 0.3) is 5.69 Å². The monoisotopic (exact) mass is 283 g/mol. The van der Waals surface area contributed by atoms with Gasteiger partial charge in [-0.05, 0) is 62.5 Å². The van der Waals surface area contributed by atoms with E-state index >= 15 is 0 Å². The van der Waals surface area contributed by atoms with Crippen LogP contribution in [0.2, 0.25) is 0 Å². The zero-order chi connectivity index (χ0) is 14.5. The van der Waals surface area contributed by atoms with Crippen LogP contribution in [0.1, 0.15) is 49.8 Å². The van der Waals surface area contributed by atoms with Crippen molar-refractivity contribution in [3.63, 3.8) is 0 Å². The molecule has 21 heavy (non-hydrogen) atoms. The van der Waals surface area contributed by atoms with Gasteiger partial charge in [-0.3, -0.25) is 0 Å². The molecule has 2 aromatic rings. The molecule has 0 bridgehead atoms. The summed E-state index contributed by atoms with van der Waals surface area (Å²) >= 11 is 0. The van der Waals surface area contributed by atoms with Gasteiger partial charge in [-0.1, -0.05) is 25.5 Å². The lowest BCUT2D eigenvalue weighted by molar-refractivity contribution is 0.446. The highest BCUT2D eigenvalue weighted by molar-refractivity contribution is 5.36. The maximum absolute atomic E-state index is 4.55. The second kappa shape index (κ2) is 6.90. The van der Waals surface area contributed by atoms with Gasteiger partial charge >= 0.3 is 0 Å². The zero-order valence-electron chi connectivity index (χ0n) is 12.9. The van der Waals surface area contributed by atoms with Gasteiger partial charge < -0.3 is 5.32 Å². The van der Waals surface area contributed by atoms with Gasteiger partial charge in [0, 0.05) is 17.8 Å². The number of aryl methyl sites for hydroxylation is 1. The summed E-state index contributed by atoms with van der Waals surface area (Å²) in [5, 5.41) is 7.98. The summed E-state index contributed by atoms with van der Waals surface area (Å²) in [6, 6.07) is 11.1. The number of benzene rings is 1. The van der Waals surface area contributed by atoms with E-state index in [0.717, 1.165) is 13.1 Å². The van der Waals surface area contributed by atoms with Gasteiger partial charge in [0.1, 0.15) is 0 Å². The number of nitrogens with zero attached hydrogens (tertiary/aromatic N) is 2. The Morgan fingerprint density at radius 3 is 2.62 bits per heavy atom. The highest BCUT2D eigenvalue weighted by atomic mass is 15.3. The number of aromatic nitrogens is 2. The first-order valence-corrected chi connectivity index (χ1v) is 8.22. The predicted molar refractivity (Wildman–Crippen MR) is 87.0 cm³/mol. The lowest BCUT2D eigenvalue weighted by atomic mass is 9.94. The van der Waals surface area contributed by atoms with Gasteiger partial charge in [-0.15, -0.1) is 0 Å². The highest BCUT2D eigenvalue weighted by Gasteiger charge is 2.19. The van der Waals surface area contributed by atoms with Crippen LogP contribution in [0.4, 0.5) is 0 Å². The van der Waals surface area contributed by atoms with Gasteiger partial charge in [-0.2, -0.15) is 5.10 Å². The lowest BCUT2D eigenvalue weighted by Crippen LogP contribution is -2.27. The predicted octanol–water partition coefficient (Wildman–Crippen LogP) is 3.68. The van der Waals surface area contributed by atoms with Crippen molar-refractivity contribution in [3.8, 4) is 5.69 Å². The molecule has 0 radical (unpaired) electrons. The Balaban J connectivity index is 1.78. The van der Waals surface area contributed by atoms with E-state index in [4.69, 9.17) is 0 Å². The van der Waals surface area contributed by atoms with E-state index in [-0.39, 0.29) is 0 Å². The molecule has 1 N–H and O–H groups in total. The number of piperidine rings is 1. The fraction of sp³-hybridized carbons (Fsp3) is 0.500. The molecule has 1 aromatic carbocycles. The molecule has 0 atom stereocenters. The van der Waals surface area contributed by atoms with Gasteiger partial charge in [-0.25, -0.2) is 4.68 Å². The molecule has 1 aliphatic rings. The maximum atomic E-state index is 4.55. The fourth-order valence-electron chi connectivity index (χ4n) is 3.14. The summed E-state index contributed by atoms with van der Waals surface area (Å²) in [5.41, 5.74) is 3.97. The second-order valence-corrected chi connectivity index (χ2v) is 5.96. The third-order valence-electron chi connectivity index (χ3n) is 4.43. The normalized spacial score (nSPS) is 16.2. The van der Waals surface area contributed by atoms with E-state index in [9.17, 15) is 0 Å². The van der Waals surface area contributed by atoms with Crippen LogP contribution in [0.15, 0.2) is 36.5 Å². The Hall–Kier alpha value is -1.61. The van der Waals surface area contributed by atoms with E-state index in [2.05, 4.69) is 52.4 Å². The van der Waals surface area contributed by atoms with E-state index in [1.807, 2.05) is 6.20 Å². The van der Waals surface area contributed by atoms with E-state index in [1.54, 1.807) is 0 Å². The molecule has 0 amide bonds. The molecule has 112 valence electrons. The summed E-state index contributed by atoms with van der Waals surface area (Å²) < 4.78 is 2.12. The van der Waals surface area contributed by atoms with Crippen molar-refractivity contribution in [1.82, 2.24) is 15.1 Å². The second-order valence-electron chi connectivity index (χ2n) is 5.96. The Morgan fingerprint density at radius 1 is 1.14 bits per heavy atom. The van der Waals surface area contributed by atoms with Gasteiger partial charge in [0.05, 0.1) is 5.69 Å². The van der Waals surface area contributed by atoms with Crippen molar-refractivity contribution in [3.05, 3.63) is 47.8 Å². The molecular weight excluding hydrogens is 258 g/mol. The highest BCUT2D eigenvalue weighted by Crippen LogP contribution is 2.26. The molecule has 0 aliphatic carbocycles. The minimum absolute atomic E-state index is 0.633. The number of unbranched alkanes of at least 4 members (excludes halogenated alkanes) is 1. The molecule has 3 heteroatoms. The Kier molecular flexibility index (Phi) is 4.71. The fourth-order valence-corrected chi connectivity index (χ4v) is 3.14. The van der Waals surface area contributed by atoms with Crippen LogP contribution in [-0.2, 0) is 6.42 Å². The Labute approximate surface area is 127 Å². The third kappa shape index (κ3) is 3.35. The van der Waals surface area contributed by atoms with Crippen LogP contribution in [-0.4, -0.2) is 22.9 Å². The van der Waals surface area contributed by atoms with Crippen LogP contribution in [0.3, 0.4) is 0 Å². The van der Waals surface area contributed by atoms with Crippen molar-refractivity contribution in [2.75, 3.05) is 13.1 Å². The van der Waals surface area contributed by atoms with Gasteiger partial charge in [0.2, 0.25) is 0 Å². The summed E-state index contributed by atoms with van der Waals surface area (Å²) in [7, 11) is 0. The summed E-state index contributed by atoms with van der Waals surface area (Å²) in [6.45, 7) is 4.47. The smallest absolute Gasteiger partial charge is 0.0649 e. The minimum atomic E-state index is 0.633. The molecule has 1 aliphatic heterocycles. The topological polar surface area (TPSA) is 29.9 Å². The maximum Gasteiger partial charge on any atom is 0.0649 e. The molecule has 1 aromatic heterocycles. The molecule has 0 unspecified atom stereocenters. The van der Waals surface area contributed by atoms with Gasteiger partial charge in [0.25, 0.3) is 0 Å². The number of rotatable bonds is 5. The standard InChI is InChI=1S/C18H25N3/c1-2-3-4-15-5-7-17(8-6-15)21-18(11-14-20-21)16-9-12-19-13-10-16/h5-8,11,14,16,19H,2-4,9-10,12-13H2,1H3. The minimum Gasteiger partial charge on any atom is -0.317 e. The average Bonchev–Trinajstić information content (AvgIpc) is 3.04. The molecule has 3 nitrogen and oxygen atoms in total. The van der Waals surface area contributed by atoms with Crippen molar-refractivity contribution in [1.29, 1.82) is 0 Å². The molecule has 2 heterocycles. The largest absolute Gasteiger partial charge is 0.317 e. The Bertz CT molecular complexity index is 550. The van der Waals surface area contributed by atoms with Crippen molar-refractivity contribution in [2.24, 2.45) is 0 Å². The Morgan fingerprint density at radius 2 is 1.90 bits per heavy atom. The summed E-state index contributed by atoms with van der Waals surface area (Å²) in [6.07, 6.45) is 8.04. The van der Waals surface area contributed by atoms with Crippen molar-refractivity contribution >= 4 is 0 Å². The van der Waals surface area contributed by atoms with Crippen LogP contribution in [0.5, 0.6) is 0 Å². The van der Waals surface area contributed by atoms with Crippen molar-refractivity contribution in [2.45, 2.75) is 44.9 Å². The first-order chi connectivity index (χ1) is 10.4. The third-order valence-corrected chi connectivity index (χ3v) is 4.43. The summed E-state index contributed by atoms with van der Waals surface area (Å²) in [4.78, 5) is 0. The first-order valence-electron chi connectivity index (χ1n) is 8.22. The SMILES string of the molecule is CCCCc1ccc(-n2nccc2C2CCNCC2)cc1. The molecule has 1 saturated heterocycles. The lowest BCUT2D eigenvalue weighted by Gasteiger charge is -2.23. The molecule has 0 spiro atoms. The first kappa shape index (κ1) is 14.3. The van der Waals surface area contributed by atoms with E-state index in [1.165, 1.54) is 49.0 Å². The molecule has 0 saturated carbocycles. The molecule has 3 rings (SSSR count). The molecular formula is C18H25N3. The molecule has 1 fully saturated rings. The zero-order valence-corrected chi connectivity index (χ0v) is 12.9.